The highest BCUT2D eigenvalue weighted by Crippen LogP contribution is 2.28. The van der Waals surface area contributed by atoms with Crippen molar-refractivity contribution in [1.82, 2.24) is 0 Å². The summed E-state index contributed by atoms with van der Waals surface area (Å²) in [5, 5.41) is 0. The lowest BCUT2D eigenvalue weighted by atomic mass is 10.1. The van der Waals surface area contributed by atoms with E-state index in [9.17, 15) is 8.42 Å². The quantitative estimate of drug-likeness (QED) is 0.882. The van der Waals surface area contributed by atoms with E-state index in [4.69, 9.17) is 4.74 Å². The number of nitrogens with zero attached hydrogens (tertiary/aromatic N) is 1. The van der Waals surface area contributed by atoms with Crippen LogP contribution < -0.4 is 9.62 Å². The number of morpholine rings is 1. The topological polar surface area (TPSA) is 58.6 Å². The lowest BCUT2D eigenvalue weighted by Crippen LogP contribution is -2.36. The molecule has 5 nitrogen and oxygen atoms in total. The van der Waals surface area contributed by atoms with Crippen LogP contribution in [0.4, 0.5) is 11.4 Å². The van der Waals surface area contributed by atoms with E-state index in [1.807, 2.05) is 38.1 Å². The molecule has 1 saturated heterocycles. The number of anilines is 2. The first-order chi connectivity index (χ1) is 11.5. The monoisotopic (exact) mass is 366 g/mol. The molecule has 0 bridgehead atoms. The summed E-state index contributed by atoms with van der Waals surface area (Å²) in [6, 6.07) is 9.43. The summed E-state index contributed by atoms with van der Waals surface area (Å²) < 4.78 is 33.7. The highest BCUT2D eigenvalue weighted by molar-refractivity contribution is 7.94. The summed E-state index contributed by atoms with van der Waals surface area (Å²) in [6.45, 7) is 6.96. The number of hydrogen-bond acceptors (Lipinski definition) is 5. The van der Waals surface area contributed by atoms with Crippen LogP contribution in [0.1, 0.15) is 17.4 Å². The van der Waals surface area contributed by atoms with E-state index in [1.165, 1.54) is 11.3 Å². The number of hydrogen-bond donors (Lipinski definition) is 1. The summed E-state index contributed by atoms with van der Waals surface area (Å²) in [7, 11) is -3.55. The Labute approximate surface area is 147 Å². The van der Waals surface area contributed by atoms with Gasteiger partial charge in [-0.1, -0.05) is 13.0 Å². The van der Waals surface area contributed by atoms with Crippen LogP contribution in [0.3, 0.4) is 0 Å². The van der Waals surface area contributed by atoms with Crippen molar-refractivity contribution >= 4 is 32.7 Å². The van der Waals surface area contributed by atoms with Gasteiger partial charge in [-0.3, -0.25) is 4.72 Å². The second kappa shape index (κ2) is 7.13. The van der Waals surface area contributed by atoms with Crippen molar-refractivity contribution in [3.05, 3.63) is 40.8 Å². The van der Waals surface area contributed by atoms with Gasteiger partial charge in [0.15, 0.2) is 0 Å². The Bertz CT molecular complexity index is 809. The van der Waals surface area contributed by atoms with Crippen molar-refractivity contribution in [2.45, 2.75) is 24.5 Å². The van der Waals surface area contributed by atoms with Gasteiger partial charge in [0, 0.05) is 23.7 Å². The van der Waals surface area contributed by atoms with E-state index in [0.717, 1.165) is 35.6 Å². The Morgan fingerprint density at radius 3 is 2.62 bits per heavy atom. The normalized spacial score (nSPS) is 15.5. The summed E-state index contributed by atoms with van der Waals surface area (Å²) >= 11 is 1.32. The lowest BCUT2D eigenvalue weighted by molar-refractivity contribution is 0.122. The Hall–Kier alpha value is -1.57. The molecule has 1 aromatic heterocycles. The minimum absolute atomic E-state index is 0.357. The van der Waals surface area contributed by atoms with Gasteiger partial charge in [0.2, 0.25) is 0 Å². The number of thiophene rings is 1. The first-order valence-corrected chi connectivity index (χ1v) is 10.3. The van der Waals surface area contributed by atoms with E-state index in [2.05, 4.69) is 9.62 Å². The minimum atomic E-state index is -3.55. The minimum Gasteiger partial charge on any atom is -0.378 e. The van der Waals surface area contributed by atoms with Crippen LogP contribution in [-0.4, -0.2) is 34.7 Å². The molecule has 2 aromatic rings. The molecule has 1 aliphatic heterocycles. The third-order valence-corrected chi connectivity index (χ3v) is 7.18. The van der Waals surface area contributed by atoms with Gasteiger partial charge in [-0.2, -0.15) is 0 Å². The van der Waals surface area contributed by atoms with Gasteiger partial charge in [0.25, 0.3) is 10.0 Å². The molecular weight excluding hydrogens is 344 g/mol. The second-order valence-electron chi connectivity index (χ2n) is 5.78. The average Bonchev–Trinajstić information content (AvgIpc) is 3.08. The van der Waals surface area contributed by atoms with Crippen molar-refractivity contribution in [1.29, 1.82) is 0 Å². The summed E-state index contributed by atoms with van der Waals surface area (Å²) in [5.74, 6) is 0. The van der Waals surface area contributed by atoms with E-state index in [1.54, 1.807) is 6.07 Å². The molecule has 0 radical (unpaired) electrons. The first-order valence-electron chi connectivity index (χ1n) is 8.04. The summed E-state index contributed by atoms with van der Waals surface area (Å²) in [6.07, 6.45) is 0.839. The van der Waals surface area contributed by atoms with Gasteiger partial charge < -0.3 is 9.64 Å². The molecule has 0 spiro atoms. The average molecular weight is 367 g/mol. The van der Waals surface area contributed by atoms with Crippen LogP contribution in [-0.2, 0) is 21.2 Å². The molecule has 0 saturated carbocycles. The maximum Gasteiger partial charge on any atom is 0.271 e. The molecular formula is C17H22N2O3S2. The van der Waals surface area contributed by atoms with Gasteiger partial charge >= 0.3 is 0 Å². The van der Waals surface area contributed by atoms with Gasteiger partial charge in [-0.25, -0.2) is 8.42 Å². The molecule has 2 heterocycles. The summed E-state index contributed by atoms with van der Waals surface area (Å²) in [4.78, 5) is 3.27. The van der Waals surface area contributed by atoms with Crippen LogP contribution in [0.2, 0.25) is 0 Å². The fraction of sp³-hybridized carbons (Fsp3) is 0.412. The standard InChI is InChI=1S/C17H22N2O3S2/c1-3-15-6-7-17(23-15)24(20,21)18-16-12-14(5-4-13(16)2)19-8-10-22-11-9-19/h4-7,12,18H,3,8-11H2,1-2H3. The third kappa shape index (κ3) is 3.74. The molecule has 1 aromatic carbocycles. The molecule has 1 aliphatic rings. The molecule has 1 fully saturated rings. The maximum absolute atomic E-state index is 12.6. The van der Waals surface area contributed by atoms with Crippen molar-refractivity contribution in [2.24, 2.45) is 0 Å². The molecule has 7 heteroatoms. The number of aryl methyl sites for hydroxylation is 2. The highest BCUT2D eigenvalue weighted by atomic mass is 32.2. The first kappa shape index (κ1) is 17.3. The van der Waals surface area contributed by atoms with E-state index in [0.29, 0.717) is 23.1 Å². The largest absolute Gasteiger partial charge is 0.378 e. The smallest absolute Gasteiger partial charge is 0.271 e. The highest BCUT2D eigenvalue weighted by Gasteiger charge is 2.19. The van der Waals surface area contributed by atoms with E-state index < -0.39 is 10.0 Å². The van der Waals surface area contributed by atoms with Gasteiger partial charge in [0.1, 0.15) is 4.21 Å². The number of rotatable bonds is 5. The van der Waals surface area contributed by atoms with Gasteiger partial charge in [-0.15, -0.1) is 11.3 Å². The fourth-order valence-corrected chi connectivity index (χ4v) is 5.04. The Balaban J connectivity index is 1.85. The zero-order chi connectivity index (χ0) is 17.2. The zero-order valence-electron chi connectivity index (χ0n) is 13.9. The third-order valence-electron chi connectivity index (χ3n) is 4.09. The fourth-order valence-electron chi connectivity index (χ4n) is 2.63. The lowest BCUT2D eigenvalue weighted by Gasteiger charge is -2.29. The number of ether oxygens (including phenoxy) is 1. The van der Waals surface area contributed by atoms with Crippen LogP contribution in [0.5, 0.6) is 0 Å². The maximum atomic E-state index is 12.6. The Kier molecular flexibility index (Phi) is 5.12. The molecule has 24 heavy (non-hydrogen) atoms. The molecule has 0 aliphatic carbocycles. The number of nitrogens with one attached hydrogen (secondary N) is 1. The molecule has 130 valence electrons. The predicted octanol–water partition coefficient (Wildman–Crippen LogP) is 3.26. The van der Waals surface area contributed by atoms with Crippen LogP contribution in [0.15, 0.2) is 34.5 Å². The molecule has 0 unspecified atom stereocenters. The second-order valence-corrected chi connectivity index (χ2v) is 8.86. The Morgan fingerprint density at radius 1 is 1.21 bits per heavy atom. The van der Waals surface area contributed by atoms with E-state index in [-0.39, 0.29) is 0 Å². The van der Waals surface area contributed by atoms with Gasteiger partial charge in [0.05, 0.1) is 18.9 Å². The van der Waals surface area contributed by atoms with Crippen molar-refractivity contribution in [3.63, 3.8) is 0 Å². The zero-order valence-corrected chi connectivity index (χ0v) is 15.5. The van der Waals surface area contributed by atoms with Crippen LogP contribution in [0.25, 0.3) is 0 Å². The molecule has 0 amide bonds. The van der Waals surface area contributed by atoms with E-state index >= 15 is 0 Å². The van der Waals surface area contributed by atoms with Crippen molar-refractivity contribution in [2.75, 3.05) is 35.9 Å². The van der Waals surface area contributed by atoms with Crippen LogP contribution in [0, 0.1) is 6.92 Å². The Morgan fingerprint density at radius 2 is 1.96 bits per heavy atom. The molecule has 3 rings (SSSR count). The number of benzene rings is 1. The van der Waals surface area contributed by atoms with Crippen LogP contribution >= 0.6 is 11.3 Å². The van der Waals surface area contributed by atoms with Crippen molar-refractivity contribution < 1.29 is 13.2 Å². The molecule has 0 atom stereocenters. The molecule has 1 N–H and O–H groups in total. The number of sulfonamides is 1. The summed E-state index contributed by atoms with van der Waals surface area (Å²) in [5.41, 5.74) is 2.55. The van der Waals surface area contributed by atoms with Gasteiger partial charge in [-0.05, 0) is 43.2 Å². The van der Waals surface area contributed by atoms with Crippen molar-refractivity contribution in [3.8, 4) is 0 Å². The predicted molar refractivity (Wildman–Crippen MR) is 98.7 cm³/mol. The SMILES string of the molecule is CCc1ccc(S(=O)(=O)Nc2cc(N3CCOCC3)ccc2C)s1.